The second-order valence-corrected chi connectivity index (χ2v) is 5.94. The van der Waals surface area contributed by atoms with E-state index in [0.717, 1.165) is 23.8 Å². The van der Waals surface area contributed by atoms with E-state index in [1.54, 1.807) is 6.07 Å². The van der Waals surface area contributed by atoms with Crippen LogP contribution in [0.25, 0.3) is 0 Å². The van der Waals surface area contributed by atoms with Gasteiger partial charge in [0.2, 0.25) is 0 Å². The van der Waals surface area contributed by atoms with Crippen LogP contribution in [0.4, 0.5) is 0 Å². The minimum atomic E-state index is 0.207. The van der Waals surface area contributed by atoms with Crippen molar-refractivity contribution >= 4 is 0 Å². The van der Waals surface area contributed by atoms with Crippen molar-refractivity contribution in [3.63, 3.8) is 0 Å². The first kappa shape index (κ1) is 11.1. The first-order chi connectivity index (χ1) is 8.16. The number of nitrogens with zero attached hydrogens (tertiary/aromatic N) is 1. The average Bonchev–Trinajstić information content (AvgIpc) is 2.33. The van der Waals surface area contributed by atoms with Gasteiger partial charge in [-0.05, 0) is 50.9 Å². The predicted molar refractivity (Wildman–Crippen MR) is 69.3 cm³/mol. The summed E-state index contributed by atoms with van der Waals surface area (Å²) in [7, 11) is 0. The van der Waals surface area contributed by atoms with Gasteiger partial charge in [0.05, 0.1) is 0 Å². The van der Waals surface area contributed by atoms with Gasteiger partial charge in [-0.2, -0.15) is 0 Å². The molecular weight excluding hydrogens is 210 g/mol. The largest absolute Gasteiger partial charge is 0.348 e. The molecule has 2 nitrogen and oxygen atoms in total. The zero-order chi connectivity index (χ0) is 12.0. The van der Waals surface area contributed by atoms with E-state index < -0.39 is 0 Å². The van der Waals surface area contributed by atoms with Crippen molar-refractivity contribution in [2.75, 3.05) is 0 Å². The first-order valence-electron chi connectivity index (χ1n) is 6.87. The standard InChI is InChI=1S/C15H21NO/c1-10-3-5-14-12(9-10)4-6-13-11(2)15(17)7-8-16(13)14/h7-8,10,12,14H,3-6,9H2,1-2H3. The minimum absolute atomic E-state index is 0.207. The van der Waals surface area contributed by atoms with Gasteiger partial charge >= 0.3 is 0 Å². The maximum absolute atomic E-state index is 11.7. The van der Waals surface area contributed by atoms with E-state index in [1.165, 1.54) is 31.4 Å². The molecule has 0 N–H and O–H groups in total. The predicted octanol–water partition coefficient (Wildman–Crippen LogP) is 3.08. The van der Waals surface area contributed by atoms with Crippen molar-refractivity contribution in [3.05, 3.63) is 33.7 Å². The Kier molecular flexibility index (Phi) is 2.61. The minimum Gasteiger partial charge on any atom is -0.348 e. The van der Waals surface area contributed by atoms with Crippen LogP contribution < -0.4 is 5.43 Å². The van der Waals surface area contributed by atoms with Crippen molar-refractivity contribution in [3.8, 4) is 0 Å². The van der Waals surface area contributed by atoms with Gasteiger partial charge in [0.15, 0.2) is 5.43 Å². The summed E-state index contributed by atoms with van der Waals surface area (Å²) >= 11 is 0. The second kappa shape index (κ2) is 4.01. The van der Waals surface area contributed by atoms with Gasteiger partial charge in [0, 0.05) is 29.6 Å². The summed E-state index contributed by atoms with van der Waals surface area (Å²) in [5, 5.41) is 0. The Morgan fingerprint density at radius 3 is 2.94 bits per heavy atom. The van der Waals surface area contributed by atoms with E-state index in [9.17, 15) is 4.79 Å². The monoisotopic (exact) mass is 231 g/mol. The lowest BCUT2D eigenvalue weighted by atomic mass is 9.74. The lowest BCUT2D eigenvalue weighted by Gasteiger charge is -2.41. The zero-order valence-electron chi connectivity index (χ0n) is 10.8. The molecule has 2 aliphatic rings. The summed E-state index contributed by atoms with van der Waals surface area (Å²) in [5.74, 6) is 1.73. The molecule has 0 spiro atoms. The van der Waals surface area contributed by atoms with Crippen LogP contribution in [0.2, 0.25) is 0 Å². The third-order valence-corrected chi connectivity index (χ3v) is 4.81. The third-order valence-electron chi connectivity index (χ3n) is 4.81. The van der Waals surface area contributed by atoms with E-state index in [2.05, 4.69) is 11.5 Å². The average molecular weight is 231 g/mol. The lowest BCUT2D eigenvalue weighted by molar-refractivity contribution is 0.160. The van der Waals surface area contributed by atoms with Crippen LogP contribution in [-0.2, 0) is 6.42 Å². The maximum atomic E-state index is 11.7. The highest BCUT2D eigenvalue weighted by Crippen LogP contribution is 2.42. The fourth-order valence-electron chi connectivity index (χ4n) is 3.81. The van der Waals surface area contributed by atoms with Gasteiger partial charge in [-0.15, -0.1) is 0 Å². The number of rotatable bonds is 0. The molecule has 1 saturated carbocycles. The molecule has 0 saturated heterocycles. The number of pyridine rings is 1. The molecule has 1 aliphatic carbocycles. The Hall–Kier alpha value is -1.05. The van der Waals surface area contributed by atoms with Crippen LogP contribution in [0, 0.1) is 18.8 Å². The molecule has 0 amide bonds. The Bertz CT molecular complexity index is 488. The van der Waals surface area contributed by atoms with E-state index in [-0.39, 0.29) is 5.43 Å². The molecule has 1 aliphatic heterocycles. The van der Waals surface area contributed by atoms with Gasteiger partial charge < -0.3 is 4.57 Å². The van der Waals surface area contributed by atoms with Gasteiger partial charge in [-0.3, -0.25) is 4.79 Å². The smallest absolute Gasteiger partial charge is 0.184 e. The molecule has 3 unspecified atom stereocenters. The molecule has 3 rings (SSSR count). The van der Waals surface area contributed by atoms with Crippen molar-refractivity contribution in [1.82, 2.24) is 4.57 Å². The summed E-state index contributed by atoms with van der Waals surface area (Å²) in [5.41, 5.74) is 2.48. The van der Waals surface area contributed by atoms with Crippen LogP contribution in [0.3, 0.4) is 0 Å². The molecular formula is C15H21NO. The van der Waals surface area contributed by atoms with Gasteiger partial charge in [0.25, 0.3) is 0 Å². The highest BCUT2D eigenvalue weighted by atomic mass is 16.1. The Labute approximate surface area is 103 Å². The van der Waals surface area contributed by atoms with E-state index in [0.29, 0.717) is 6.04 Å². The van der Waals surface area contributed by atoms with E-state index in [4.69, 9.17) is 0 Å². The quantitative estimate of drug-likeness (QED) is 0.672. The van der Waals surface area contributed by atoms with Crippen LogP contribution in [0.1, 0.15) is 49.9 Å². The zero-order valence-corrected chi connectivity index (χ0v) is 10.8. The Morgan fingerprint density at radius 1 is 1.29 bits per heavy atom. The summed E-state index contributed by atoms with van der Waals surface area (Å²) in [6.45, 7) is 4.36. The SMILES string of the molecule is Cc1c2n(ccc1=O)C1CCC(C)CC1CC2. The fraction of sp³-hybridized carbons (Fsp3) is 0.667. The molecule has 92 valence electrons. The second-order valence-electron chi connectivity index (χ2n) is 5.94. The van der Waals surface area contributed by atoms with Crippen LogP contribution in [0.15, 0.2) is 17.1 Å². The summed E-state index contributed by atoms with van der Waals surface area (Å²) in [6, 6.07) is 2.41. The molecule has 17 heavy (non-hydrogen) atoms. The molecule has 2 heteroatoms. The number of fused-ring (bicyclic) bond motifs is 3. The van der Waals surface area contributed by atoms with Crippen molar-refractivity contribution in [2.24, 2.45) is 11.8 Å². The molecule has 0 radical (unpaired) electrons. The fourth-order valence-corrected chi connectivity index (χ4v) is 3.81. The van der Waals surface area contributed by atoms with Crippen molar-refractivity contribution in [2.45, 2.75) is 52.0 Å². The Balaban J connectivity index is 2.03. The van der Waals surface area contributed by atoms with Gasteiger partial charge in [-0.1, -0.05) is 6.92 Å². The van der Waals surface area contributed by atoms with Crippen molar-refractivity contribution in [1.29, 1.82) is 0 Å². The topological polar surface area (TPSA) is 22.0 Å². The van der Waals surface area contributed by atoms with Crippen LogP contribution in [0.5, 0.6) is 0 Å². The maximum Gasteiger partial charge on any atom is 0.184 e. The molecule has 2 heterocycles. The highest BCUT2D eigenvalue weighted by Gasteiger charge is 2.33. The normalized spacial score (nSPS) is 31.8. The van der Waals surface area contributed by atoms with E-state index in [1.807, 2.05) is 13.1 Å². The summed E-state index contributed by atoms with van der Waals surface area (Å²) < 4.78 is 2.41. The van der Waals surface area contributed by atoms with Gasteiger partial charge in [0.1, 0.15) is 0 Å². The third kappa shape index (κ3) is 1.74. The summed E-state index contributed by atoms with van der Waals surface area (Å²) in [4.78, 5) is 11.7. The van der Waals surface area contributed by atoms with Crippen LogP contribution in [-0.4, -0.2) is 4.57 Å². The number of aromatic nitrogens is 1. The molecule has 0 aromatic carbocycles. The van der Waals surface area contributed by atoms with Crippen molar-refractivity contribution < 1.29 is 0 Å². The molecule has 3 atom stereocenters. The molecule has 1 fully saturated rings. The molecule has 1 aromatic heterocycles. The van der Waals surface area contributed by atoms with Crippen LogP contribution >= 0.6 is 0 Å². The number of hydrogen-bond donors (Lipinski definition) is 0. The molecule has 1 aromatic rings. The molecule has 0 bridgehead atoms. The van der Waals surface area contributed by atoms with E-state index >= 15 is 0 Å². The lowest BCUT2D eigenvalue weighted by Crippen LogP contribution is -2.34. The Morgan fingerprint density at radius 2 is 2.12 bits per heavy atom. The number of hydrogen-bond acceptors (Lipinski definition) is 1. The summed E-state index contributed by atoms with van der Waals surface area (Å²) in [6.07, 6.45) is 8.41. The first-order valence-corrected chi connectivity index (χ1v) is 6.87. The highest BCUT2D eigenvalue weighted by molar-refractivity contribution is 5.22. The van der Waals surface area contributed by atoms with Gasteiger partial charge in [-0.25, -0.2) is 0 Å².